The van der Waals surface area contributed by atoms with Gasteiger partial charge in [-0.25, -0.2) is 0 Å². The molecule has 7 nitrogen and oxygen atoms in total. The molecule has 2 N–H and O–H groups in total. The number of nitrogens with zero attached hydrogens (tertiary/aromatic N) is 2. The predicted molar refractivity (Wildman–Crippen MR) is 116 cm³/mol. The molecule has 0 aliphatic carbocycles. The number of carbonyl (C=O) groups excluding carboxylic acids is 2. The summed E-state index contributed by atoms with van der Waals surface area (Å²) in [6.45, 7) is 13.4. The lowest BCUT2D eigenvalue weighted by molar-refractivity contribution is -0.151. The summed E-state index contributed by atoms with van der Waals surface area (Å²) in [5.41, 5.74) is 0. The maximum absolute atomic E-state index is 13.9. The lowest BCUT2D eigenvalue weighted by Crippen LogP contribution is -2.59. The normalized spacial score (nSPS) is 35.8. The molecule has 3 aliphatic rings. The van der Waals surface area contributed by atoms with Crippen molar-refractivity contribution < 1.29 is 24.6 Å². The Hall–Kier alpha value is -1.54. The molecule has 2 amide bonds. The molecule has 3 fully saturated rings. The van der Waals surface area contributed by atoms with Crippen LogP contribution in [0, 0.1) is 17.8 Å². The van der Waals surface area contributed by atoms with E-state index in [0.29, 0.717) is 19.4 Å². The van der Waals surface area contributed by atoms with Crippen molar-refractivity contribution in [3.8, 4) is 0 Å². The van der Waals surface area contributed by atoms with E-state index in [1.54, 1.807) is 15.9 Å². The van der Waals surface area contributed by atoms with Gasteiger partial charge in [-0.2, -0.15) is 0 Å². The topological polar surface area (TPSA) is 98.2 Å². The summed E-state index contributed by atoms with van der Waals surface area (Å²) in [5, 5.41) is 20.1. The Morgan fingerprint density at radius 1 is 1.33 bits per heavy atom. The van der Waals surface area contributed by atoms with Gasteiger partial charge in [0.25, 0.3) is 0 Å². The minimum atomic E-state index is -0.977. The minimum absolute atomic E-state index is 0.0718. The molecule has 1 spiro atoms. The van der Waals surface area contributed by atoms with Crippen LogP contribution < -0.4 is 0 Å². The van der Waals surface area contributed by atoms with Gasteiger partial charge >= 0.3 is 5.97 Å². The first-order chi connectivity index (χ1) is 14.0. The number of thioether (sulfide) groups is 1. The van der Waals surface area contributed by atoms with E-state index in [0.717, 1.165) is 0 Å². The molecule has 0 radical (unpaired) electrons. The van der Waals surface area contributed by atoms with Crippen molar-refractivity contribution in [3.63, 3.8) is 0 Å². The third kappa shape index (κ3) is 3.09. The van der Waals surface area contributed by atoms with Gasteiger partial charge in [-0.15, -0.1) is 18.3 Å². The molecule has 8 heteroatoms. The van der Waals surface area contributed by atoms with E-state index in [1.165, 1.54) is 11.8 Å². The smallest absolute Gasteiger partial charge is 0.308 e. The second kappa shape index (κ2) is 7.86. The highest BCUT2D eigenvalue weighted by atomic mass is 32.2. The summed E-state index contributed by atoms with van der Waals surface area (Å²) < 4.78 is -1.34. The second-order valence-electron chi connectivity index (χ2n) is 9.68. The van der Waals surface area contributed by atoms with Crippen LogP contribution in [0.1, 0.15) is 47.5 Å². The highest BCUT2D eigenvalue weighted by Gasteiger charge is 2.78. The van der Waals surface area contributed by atoms with Gasteiger partial charge in [0, 0.05) is 17.3 Å². The van der Waals surface area contributed by atoms with Gasteiger partial charge in [-0.1, -0.05) is 19.9 Å². The molecule has 3 aliphatic heterocycles. The Bertz CT molecular complexity index is 756. The number of aliphatic hydroxyl groups is 1. The van der Waals surface area contributed by atoms with Crippen molar-refractivity contribution in [2.45, 2.75) is 75.1 Å². The number of carboxylic acid groups (broad SMARTS) is 1. The molecule has 0 aromatic heterocycles. The zero-order valence-corrected chi connectivity index (χ0v) is 19.3. The van der Waals surface area contributed by atoms with E-state index in [1.807, 2.05) is 34.6 Å². The highest BCUT2D eigenvalue weighted by molar-refractivity contribution is 8.02. The number of carboxylic acids is 1. The molecular weight excluding hydrogens is 404 g/mol. The second-order valence-corrected chi connectivity index (χ2v) is 11.6. The maximum atomic E-state index is 13.9. The van der Waals surface area contributed by atoms with E-state index in [9.17, 15) is 24.6 Å². The van der Waals surface area contributed by atoms with Crippen molar-refractivity contribution in [2.24, 2.45) is 17.8 Å². The van der Waals surface area contributed by atoms with Crippen molar-refractivity contribution in [1.82, 2.24) is 9.80 Å². The standard InChI is InChI=1S/C22H34N2O5S/c1-7-10-23(13(4)5)19(27)17-22-9-8-21(6,30-22)16(20(28)29)15(22)18(26)24(17)14(11-25)12(2)3/h7,12-17,25H,1,8-11H2,2-6H3,(H,28,29)/t14-,15-,16-,17?,21+,22?/m0/s1. The zero-order valence-electron chi connectivity index (χ0n) is 18.5. The van der Waals surface area contributed by atoms with Gasteiger partial charge in [-0.3, -0.25) is 14.4 Å². The fourth-order valence-electron chi connectivity index (χ4n) is 5.85. The van der Waals surface area contributed by atoms with Gasteiger partial charge in [0.1, 0.15) is 6.04 Å². The molecule has 30 heavy (non-hydrogen) atoms. The zero-order chi connectivity index (χ0) is 22.6. The van der Waals surface area contributed by atoms with Crippen LogP contribution in [0.4, 0.5) is 0 Å². The summed E-state index contributed by atoms with van der Waals surface area (Å²) in [6, 6.07) is -1.41. The molecule has 0 saturated carbocycles. The fourth-order valence-corrected chi connectivity index (χ4v) is 8.18. The number of aliphatic carboxylic acids is 1. The summed E-state index contributed by atoms with van der Waals surface area (Å²) in [4.78, 5) is 43.2. The van der Waals surface area contributed by atoms with E-state index in [2.05, 4.69) is 6.58 Å². The lowest BCUT2D eigenvalue weighted by Gasteiger charge is -2.41. The molecule has 2 bridgehead atoms. The Balaban J connectivity index is 2.17. The van der Waals surface area contributed by atoms with Gasteiger partial charge in [0.15, 0.2) is 0 Å². The average Bonchev–Trinajstić information content (AvgIpc) is 3.21. The number of carbonyl (C=O) groups is 3. The number of amides is 2. The average molecular weight is 439 g/mol. The van der Waals surface area contributed by atoms with Crippen molar-refractivity contribution in [2.75, 3.05) is 13.2 Å². The number of hydrogen-bond donors (Lipinski definition) is 2. The van der Waals surface area contributed by atoms with Crippen LogP contribution >= 0.6 is 11.8 Å². The molecular formula is C22H34N2O5S. The Kier molecular flexibility index (Phi) is 6.06. The van der Waals surface area contributed by atoms with Crippen LogP contribution in [0.3, 0.4) is 0 Å². The largest absolute Gasteiger partial charge is 0.481 e. The number of aliphatic hydroxyl groups excluding tert-OH is 1. The SMILES string of the molecule is C=CCN(C(=O)C1N([C@@H](CO)C(C)C)C(=O)[C@@H]2[C@@H](C(=O)O)[C@@]3(C)CCC12S3)C(C)C. The summed E-state index contributed by atoms with van der Waals surface area (Å²) in [6.07, 6.45) is 2.95. The number of likely N-dealkylation sites (tertiary alicyclic amines) is 1. The van der Waals surface area contributed by atoms with Gasteiger partial charge in [0.05, 0.1) is 29.2 Å². The number of fused-ring (bicyclic) bond motifs is 1. The predicted octanol–water partition coefficient (Wildman–Crippen LogP) is 1.99. The maximum Gasteiger partial charge on any atom is 0.308 e. The molecule has 0 aromatic rings. The van der Waals surface area contributed by atoms with E-state index >= 15 is 0 Å². The Morgan fingerprint density at radius 2 is 1.97 bits per heavy atom. The van der Waals surface area contributed by atoms with Crippen molar-refractivity contribution in [1.29, 1.82) is 0 Å². The molecule has 3 heterocycles. The molecule has 168 valence electrons. The third-order valence-corrected chi connectivity index (χ3v) is 9.25. The van der Waals surface area contributed by atoms with Gasteiger partial charge < -0.3 is 20.0 Å². The quantitative estimate of drug-likeness (QED) is 0.563. The van der Waals surface area contributed by atoms with Crippen LogP contribution in [0.15, 0.2) is 12.7 Å². The molecule has 3 rings (SSSR count). The first-order valence-corrected chi connectivity index (χ1v) is 11.6. The van der Waals surface area contributed by atoms with Crippen LogP contribution in [0.25, 0.3) is 0 Å². The fraction of sp³-hybridized carbons (Fsp3) is 0.773. The number of hydrogen-bond acceptors (Lipinski definition) is 5. The third-order valence-electron chi connectivity index (χ3n) is 7.26. The van der Waals surface area contributed by atoms with Gasteiger partial charge in [0.2, 0.25) is 11.8 Å². The molecule has 6 atom stereocenters. The molecule has 3 saturated heterocycles. The summed E-state index contributed by atoms with van der Waals surface area (Å²) in [5.74, 6) is -3.11. The number of rotatable bonds is 8. The lowest BCUT2D eigenvalue weighted by atomic mass is 9.66. The van der Waals surface area contributed by atoms with Crippen LogP contribution in [0.2, 0.25) is 0 Å². The van der Waals surface area contributed by atoms with E-state index < -0.39 is 39.4 Å². The van der Waals surface area contributed by atoms with Crippen molar-refractivity contribution in [3.05, 3.63) is 12.7 Å². The Morgan fingerprint density at radius 3 is 2.43 bits per heavy atom. The summed E-state index contributed by atoms with van der Waals surface area (Å²) in [7, 11) is 0. The molecule has 0 aromatic carbocycles. The van der Waals surface area contributed by atoms with E-state index in [4.69, 9.17) is 0 Å². The first-order valence-electron chi connectivity index (χ1n) is 10.7. The van der Waals surface area contributed by atoms with Crippen LogP contribution in [0.5, 0.6) is 0 Å². The monoisotopic (exact) mass is 438 g/mol. The van der Waals surface area contributed by atoms with Crippen LogP contribution in [-0.2, 0) is 14.4 Å². The Labute approximate surface area is 182 Å². The first kappa shape index (κ1) is 23.1. The minimum Gasteiger partial charge on any atom is -0.481 e. The molecule has 2 unspecified atom stereocenters. The highest BCUT2D eigenvalue weighted by Crippen LogP contribution is 2.71. The van der Waals surface area contributed by atoms with Gasteiger partial charge in [-0.05, 0) is 39.5 Å². The van der Waals surface area contributed by atoms with Crippen molar-refractivity contribution >= 4 is 29.5 Å². The summed E-state index contributed by atoms with van der Waals surface area (Å²) >= 11 is 1.52. The van der Waals surface area contributed by atoms with E-state index in [-0.39, 0.29) is 30.4 Å². The van der Waals surface area contributed by atoms with Crippen LogP contribution in [-0.4, -0.2) is 78.6 Å².